The number of likely N-dealkylation sites (N-methyl/N-ethyl adjacent to an activating group) is 1. The molecular formula is C14H22BrNO2. The zero-order valence-electron chi connectivity index (χ0n) is 11.3. The van der Waals surface area contributed by atoms with Crippen LogP contribution in [0.2, 0.25) is 0 Å². The van der Waals surface area contributed by atoms with Gasteiger partial charge >= 0.3 is 0 Å². The Bertz CT molecular complexity index is 340. The van der Waals surface area contributed by atoms with E-state index in [-0.39, 0.29) is 6.10 Å². The first-order chi connectivity index (χ1) is 8.52. The number of benzene rings is 1. The number of halogens is 1. The molecule has 102 valence electrons. The summed E-state index contributed by atoms with van der Waals surface area (Å²) in [5.74, 6) is 0. The molecule has 4 heteroatoms. The maximum Gasteiger partial charge on any atom is 0.0900 e. The minimum Gasteiger partial charge on any atom is -0.389 e. The van der Waals surface area contributed by atoms with Crippen molar-refractivity contribution >= 4 is 15.9 Å². The van der Waals surface area contributed by atoms with Crippen LogP contribution < -0.4 is 0 Å². The van der Waals surface area contributed by atoms with Crippen LogP contribution in [0.1, 0.15) is 25.0 Å². The highest BCUT2D eigenvalue weighted by molar-refractivity contribution is 9.10. The van der Waals surface area contributed by atoms with E-state index in [2.05, 4.69) is 35.0 Å². The normalized spacial score (nSPS) is 14.8. The molecule has 0 bridgehead atoms. The van der Waals surface area contributed by atoms with Crippen molar-refractivity contribution in [2.24, 2.45) is 0 Å². The maximum absolute atomic E-state index is 9.78. The summed E-state index contributed by atoms with van der Waals surface area (Å²) in [6.45, 7) is 3.08. The van der Waals surface area contributed by atoms with Gasteiger partial charge in [0.25, 0.3) is 0 Å². The molecule has 1 N–H and O–H groups in total. The SMILES string of the molecule is CC[C@H](OC[C@H](O)CN(C)C)c1ccc(Br)cc1. The molecule has 3 nitrogen and oxygen atoms in total. The van der Waals surface area contributed by atoms with E-state index in [1.54, 1.807) is 0 Å². The van der Waals surface area contributed by atoms with E-state index < -0.39 is 6.10 Å². The predicted octanol–water partition coefficient (Wildman–Crippen LogP) is 2.84. The molecule has 1 aromatic carbocycles. The third kappa shape index (κ3) is 5.48. The Morgan fingerprint density at radius 1 is 1.28 bits per heavy atom. The average Bonchev–Trinajstić information content (AvgIpc) is 2.31. The van der Waals surface area contributed by atoms with E-state index >= 15 is 0 Å². The summed E-state index contributed by atoms with van der Waals surface area (Å²) in [6, 6.07) is 8.13. The highest BCUT2D eigenvalue weighted by Crippen LogP contribution is 2.23. The summed E-state index contributed by atoms with van der Waals surface area (Å²) in [7, 11) is 3.88. The van der Waals surface area contributed by atoms with E-state index in [1.165, 1.54) is 0 Å². The van der Waals surface area contributed by atoms with E-state index in [9.17, 15) is 5.11 Å². The minimum atomic E-state index is -0.440. The molecule has 0 aliphatic rings. The monoisotopic (exact) mass is 315 g/mol. The van der Waals surface area contributed by atoms with Gasteiger partial charge in [0, 0.05) is 11.0 Å². The fourth-order valence-corrected chi connectivity index (χ4v) is 2.09. The van der Waals surface area contributed by atoms with Gasteiger partial charge in [-0.15, -0.1) is 0 Å². The lowest BCUT2D eigenvalue weighted by Gasteiger charge is -2.21. The molecule has 0 saturated heterocycles. The van der Waals surface area contributed by atoms with E-state index in [4.69, 9.17) is 4.74 Å². The Balaban J connectivity index is 2.49. The van der Waals surface area contributed by atoms with Gasteiger partial charge in [-0.1, -0.05) is 35.0 Å². The molecular weight excluding hydrogens is 294 g/mol. The fraction of sp³-hybridized carbons (Fsp3) is 0.571. The Labute approximate surface area is 118 Å². The van der Waals surface area contributed by atoms with Gasteiger partial charge < -0.3 is 14.7 Å². The summed E-state index contributed by atoms with van der Waals surface area (Å²) in [5, 5.41) is 9.78. The molecule has 2 atom stereocenters. The summed E-state index contributed by atoms with van der Waals surface area (Å²) in [4.78, 5) is 1.95. The third-order valence-corrected chi connectivity index (χ3v) is 3.21. The molecule has 0 unspecified atom stereocenters. The first kappa shape index (κ1) is 15.6. The van der Waals surface area contributed by atoms with Gasteiger partial charge in [-0.05, 0) is 38.2 Å². The zero-order chi connectivity index (χ0) is 13.5. The Hall–Kier alpha value is -0.420. The molecule has 0 radical (unpaired) electrons. The van der Waals surface area contributed by atoms with Crippen molar-refractivity contribution < 1.29 is 9.84 Å². The van der Waals surface area contributed by atoms with Gasteiger partial charge in [0.15, 0.2) is 0 Å². The molecule has 0 fully saturated rings. The highest BCUT2D eigenvalue weighted by Gasteiger charge is 2.13. The second kappa shape index (κ2) is 7.89. The average molecular weight is 316 g/mol. The van der Waals surface area contributed by atoms with E-state index in [0.717, 1.165) is 16.5 Å². The first-order valence-electron chi connectivity index (χ1n) is 6.22. The number of rotatable bonds is 7. The number of aliphatic hydroxyl groups excluding tert-OH is 1. The number of hydrogen-bond acceptors (Lipinski definition) is 3. The molecule has 0 aromatic heterocycles. The van der Waals surface area contributed by atoms with E-state index in [1.807, 2.05) is 31.1 Å². The second-order valence-corrected chi connectivity index (χ2v) is 5.61. The van der Waals surface area contributed by atoms with Crippen molar-refractivity contribution in [2.75, 3.05) is 27.2 Å². The van der Waals surface area contributed by atoms with Crippen LogP contribution in [-0.4, -0.2) is 43.4 Å². The molecule has 0 spiro atoms. The van der Waals surface area contributed by atoms with Crippen LogP contribution in [-0.2, 0) is 4.74 Å². The molecule has 0 aliphatic carbocycles. The summed E-state index contributed by atoms with van der Waals surface area (Å²) in [6.07, 6.45) is 0.510. The predicted molar refractivity (Wildman–Crippen MR) is 77.7 cm³/mol. The minimum absolute atomic E-state index is 0.0508. The Morgan fingerprint density at radius 3 is 2.39 bits per heavy atom. The number of hydrogen-bond donors (Lipinski definition) is 1. The lowest BCUT2D eigenvalue weighted by Crippen LogP contribution is -2.30. The van der Waals surface area contributed by atoms with Gasteiger partial charge in [0.1, 0.15) is 0 Å². The zero-order valence-corrected chi connectivity index (χ0v) is 12.9. The Morgan fingerprint density at radius 2 is 1.89 bits per heavy atom. The van der Waals surface area contributed by atoms with Crippen molar-refractivity contribution in [1.82, 2.24) is 4.90 Å². The van der Waals surface area contributed by atoms with Gasteiger partial charge in [-0.2, -0.15) is 0 Å². The van der Waals surface area contributed by atoms with Crippen LogP contribution in [0, 0.1) is 0 Å². The fourth-order valence-electron chi connectivity index (χ4n) is 1.83. The molecule has 1 aromatic rings. The summed E-state index contributed by atoms with van der Waals surface area (Å²) >= 11 is 3.42. The lowest BCUT2D eigenvalue weighted by atomic mass is 10.1. The number of nitrogens with zero attached hydrogens (tertiary/aromatic N) is 1. The molecule has 0 amide bonds. The van der Waals surface area contributed by atoms with Gasteiger partial charge in [-0.3, -0.25) is 0 Å². The lowest BCUT2D eigenvalue weighted by molar-refractivity contribution is -0.0193. The van der Waals surface area contributed by atoms with Crippen LogP contribution in [0.15, 0.2) is 28.7 Å². The topological polar surface area (TPSA) is 32.7 Å². The quantitative estimate of drug-likeness (QED) is 0.840. The largest absolute Gasteiger partial charge is 0.389 e. The van der Waals surface area contributed by atoms with Crippen LogP contribution in [0.3, 0.4) is 0 Å². The smallest absolute Gasteiger partial charge is 0.0900 e. The third-order valence-electron chi connectivity index (χ3n) is 2.68. The molecule has 0 saturated carbocycles. The molecule has 1 rings (SSSR count). The van der Waals surface area contributed by atoms with Crippen molar-refractivity contribution in [2.45, 2.75) is 25.6 Å². The van der Waals surface area contributed by atoms with Crippen molar-refractivity contribution in [3.8, 4) is 0 Å². The maximum atomic E-state index is 9.78. The van der Waals surface area contributed by atoms with Crippen LogP contribution in [0.5, 0.6) is 0 Å². The molecule has 18 heavy (non-hydrogen) atoms. The number of ether oxygens (including phenoxy) is 1. The summed E-state index contributed by atoms with van der Waals surface area (Å²) in [5.41, 5.74) is 1.15. The molecule has 0 heterocycles. The van der Waals surface area contributed by atoms with Crippen molar-refractivity contribution in [3.05, 3.63) is 34.3 Å². The van der Waals surface area contributed by atoms with Gasteiger partial charge in [0.05, 0.1) is 18.8 Å². The standard InChI is InChI=1S/C14H22BrNO2/c1-4-14(11-5-7-12(15)8-6-11)18-10-13(17)9-16(2)3/h5-8,13-14,17H,4,9-10H2,1-3H3/t13-,14+/m1/s1. The van der Waals surface area contributed by atoms with Crippen LogP contribution >= 0.6 is 15.9 Å². The highest BCUT2D eigenvalue weighted by atomic mass is 79.9. The first-order valence-corrected chi connectivity index (χ1v) is 7.02. The van der Waals surface area contributed by atoms with Crippen molar-refractivity contribution in [1.29, 1.82) is 0 Å². The van der Waals surface area contributed by atoms with Gasteiger partial charge in [0.2, 0.25) is 0 Å². The van der Waals surface area contributed by atoms with Gasteiger partial charge in [-0.25, -0.2) is 0 Å². The van der Waals surface area contributed by atoms with Crippen molar-refractivity contribution in [3.63, 3.8) is 0 Å². The van der Waals surface area contributed by atoms with Crippen LogP contribution in [0.4, 0.5) is 0 Å². The number of aliphatic hydroxyl groups is 1. The summed E-state index contributed by atoms with van der Waals surface area (Å²) < 4.78 is 6.85. The van der Waals surface area contributed by atoms with E-state index in [0.29, 0.717) is 13.2 Å². The van der Waals surface area contributed by atoms with Crippen LogP contribution in [0.25, 0.3) is 0 Å². The molecule has 0 aliphatic heterocycles. The second-order valence-electron chi connectivity index (χ2n) is 4.70. The Kier molecular flexibility index (Phi) is 6.86.